The predicted molar refractivity (Wildman–Crippen MR) is 86.8 cm³/mol. The zero-order chi connectivity index (χ0) is 19.5. The van der Waals surface area contributed by atoms with E-state index in [9.17, 15) is 26.9 Å². The van der Waals surface area contributed by atoms with Crippen molar-refractivity contribution in [2.75, 3.05) is 6.67 Å². The van der Waals surface area contributed by atoms with Crippen molar-refractivity contribution in [1.29, 1.82) is 0 Å². The lowest BCUT2D eigenvalue weighted by Crippen LogP contribution is -2.61. The van der Waals surface area contributed by atoms with Gasteiger partial charge in [-0.1, -0.05) is 18.2 Å². The Balaban J connectivity index is 3.59. The molecule has 0 saturated carbocycles. The number of carboxylic acids is 1. The Morgan fingerprint density at radius 2 is 1.88 bits per heavy atom. The van der Waals surface area contributed by atoms with Crippen LogP contribution in [0.15, 0.2) is 36.4 Å². The fourth-order valence-electron chi connectivity index (χ4n) is 1.93. The maximum absolute atomic E-state index is 14.8. The molecule has 0 aromatic heterocycles. The molecule has 0 heterocycles. The molecule has 0 fully saturated rings. The quantitative estimate of drug-likeness (QED) is 0.432. The summed E-state index contributed by atoms with van der Waals surface area (Å²) in [6.07, 6.45) is 0.0845. The average molecular weight is 381 g/mol. The van der Waals surface area contributed by atoms with E-state index in [1.165, 1.54) is 32.9 Å². The maximum Gasteiger partial charge on any atom is 0.328 e. The molecule has 1 rings (SSSR count). The summed E-state index contributed by atoms with van der Waals surface area (Å²) in [5.41, 5.74) is -3.79. The first kappa shape index (κ1) is 21.5. The van der Waals surface area contributed by atoms with Crippen LogP contribution < -0.4 is 4.72 Å². The van der Waals surface area contributed by atoms with Gasteiger partial charge in [0.1, 0.15) is 17.2 Å². The molecule has 2 atom stereocenters. The lowest BCUT2D eigenvalue weighted by molar-refractivity contribution is -0.131. The fraction of sp³-hybridized carbons (Fsp3) is 0.438. The van der Waals surface area contributed by atoms with Gasteiger partial charge in [-0.15, -0.1) is 4.72 Å². The van der Waals surface area contributed by atoms with Crippen LogP contribution in [0.1, 0.15) is 26.3 Å². The molecule has 9 heteroatoms. The van der Waals surface area contributed by atoms with Gasteiger partial charge in [0.2, 0.25) is 0 Å². The van der Waals surface area contributed by atoms with Crippen LogP contribution in [-0.4, -0.2) is 33.0 Å². The van der Waals surface area contributed by atoms with E-state index in [1.807, 2.05) is 4.72 Å². The second kappa shape index (κ2) is 7.76. The Labute approximate surface area is 146 Å². The minimum atomic E-state index is -4.19. The van der Waals surface area contributed by atoms with E-state index in [4.69, 9.17) is 5.11 Å². The molecule has 0 bridgehead atoms. The maximum atomic E-state index is 14.8. The molecule has 0 saturated heterocycles. The fourth-order valence-corrected chi connectivity index (χ4v) is 2.85. The molecule has 0 aliphatic carbocycles. The van der Waals surface area contributed by atoms with E-state index in [0.717, 1.165) is 12.1 Å². The third-order valence-corrected chi connectivity index (χ3v) is 5.01. The Bertz CT molecular complexity index is 649. The van der Waals surface area contributed by atoms with Gasteiger partial charge in [0.25, 0.3) is 5.92 Å². The molecule has 0 unspecified atom stereocenters. The highest BCUT2D eigenvalue weighted by molar-refractivity contribution is 7.90. The number of aliphatic carboxylic acids is 1. The molecule has 4 nitrogen and oxygen atoms in total. The van der Waals surface area contributed by atoms with Crippen LogP contribution in [0, 0.1) is 5.82 Å². The second-order valence-electron chi connectivity index (χ2n) is 6.30. The van der Waals surface area contributed by atoms with Gasteiger partial charge in [-0.05, 0) is 32.9 Å². The van der Waals surface area contributed by atoms with Crippen molar-refractivity contribution in [3.8, 4) is 0 Å². The average Bonchev–Trinajstić information content (AvgIpc) is 2.50. The van der Waals surface area contributed by atoms with Gasteiger partial charge in [-0.2, -0.15) is 8.78 Å². The van der Waals surface area contributed by atoms with E-state index >= 15 is 0 Å². The predicted octanol–water partition coefficient (Wildman–Crippen LogP) is 3.32. The normalized spacial score (nSPS) is 16.6. The lowest BCUT2D eigenvalue weighted by atomic mass is 9.85. The highest BCUT2D eigenvalue weighted by Gasteiger charge is 2.59. The summed E-state index contributed by atoms with van der Waals surface area (Å²) < 4.78 is 70.9. The van der Waals surface area contributed by atoms with Crippen molar-refractivity contribution in [2.24, 2.45) is 0 Å². The molecular formula is C16H19F4NO3S. The second-order valence-corrected chi connectivity index (χ2v) is 8.26. The minimum Gasteiger partial charge on any atom is -0.598 e. The van der Waals surface area contributed by atoms with Crippen LogP contribution in [-0.2, 0) is 21.7 Å². The Hall–Kier alpha value is -1.58. The zero-order valence-electron chi connectivity index (χ0n) is 13.9. The molecule has 1 aromatic carbocycles. The van der Waals surface area contributed by atoms with Crippen molar-refractivity contribution in [2.45, 2.75) is 37.0 Å². The van der Waals surface area contributed by atoms with Crippen LogP contribution in [0.25, 0.3) is 0 Å². The van der Waals surface area contributed by atoms with Gasteiger partial charge < -0.3 is 9.66 Å². The number of alkyl halides is 3. The minimum absolute atomic E-state index is 0.0474. The van der Waals surface area contributed by atoms with Crippen molar-refractivity contribution in [3.63, 3.8) is 0 Å². The van der Waals surface area contributed by atoms with Gasteiger partial charge in [-0.3, -0.25) is 0 Å². The van der Waals surface area contributed by atoms with E-state index in [-0.39, 0.29) is 12.2 Å². The van der Waals surface area contributed by atoms with Gasteiger partial charge in [0.15, 0.2) is 5.54 Å². The van der Waals surface area contributed by atoms with Crippen molar-refractivity contribution in [1.82, 2.24) is 4.72 Å². The van der Waals surface area contributed by atoms with Crippen LogP contribution in [0.2, 0.25) is 0 Å². The Morgan fingerprint density at radius 3 is 2.32 bits per heavy atom. The number of benzene rings is 1. The summed E-state index contributed by atoms with van der Waals surface area (Å²) in [5, 5.41) is 8.58. The van der Waals surface area contributed by atoms with Crippen molar-refractivity contribution < 1.29 is 32.0 Å². The zero-order valence-corrected chi connectivity index (χ0v) is 14.7. The highest BCUT2D eigenvalue weighted by Crippen LogP contribution is 2.42. The van der Waals surface area contributed by atoms with Crippen LogP contribution in [0.3, 0.4) is 0 Å². The number of rotatable bonds is 7. The third-order valence-electron chi connectivity index (χ3n) is 3.36. The largest absolute Gasteiger partial charge is 0.598 e. The molecule has 0 amide bonds. The first-order valence-corrected chi connectivity index (χ1v) is 8.33. The number of carbonyl (C=O) groups is 1. The summed E-state index contributed by atoms with van der Waals surface area (Å²) in [5.74, 6) is -7.01. The molecule has 0 spiro atoms. The van der Waals surface area contributed by atoms with Crippen LogP contribution in [0.5, 0.6) is 0 Å². The molecule has 140 valence electrons. The molecular weight excluding hydrogens is 362 g/mol. The van der Waals surface area contributed by atoms with Crippen LogP contribution in [0.4, 0.5) is 17.6 Å². The SMILES string of the molecule is CC(C)(C)[S@@+]([O-])N[C@](CF)(c1ccccc1F)C(F)(F)C=CC(=O)O. The molecule has 1 aromatic rings. The molecule has 0 aliphatic heterocycles. The number of hydrogen-bond acceptors (Lipinski definition) is 3. The molecule has 0 aliphatic rings. The topological polar surface area (TPSA) is 72.4 Å². The number of halogens is 4. The highest BCUT2D eigenvalue weighted by atomic mass is 32.2. The monoisotopic (exact) mass is 381 g/mol. The molecule has 0 radical (unpaired) electrons. The Kier molecular flexibility index (Phi) is 6.66. The van der Waals surface area contributed by atoms with Crippen LogP contribution >= 0.6 is 0 Å². The van der Waals surface area contributed by atoms with Crippen molar-refractivity contribution in [3.05, 3.63) is 47.8 Å². The summed E-state index contributed by atoms with van der Waals surface area (Å²) in [4.78, 5) is 10.6. The van der Waals surface area contributed by atoms with Gasteiger partial charge >= 0.3 is 5.97 Å². The standard InChI is InChI=1S/C16H19F4NO3S/c1-14(2,3)25(24)21-15(10-17,11-6-4-5-7-12(11)18)16(19,20)9-8-13(22)23/h4-9,21H,10H2,1-3H3,(H,22,23)/t15-,25-/m1/s1. The van der Waals surface area contributed by atoms with E-state index < -0.39 is 51.6 Å². The molecule has 2 N–H and O–H groups in total. The van der Waals surface area contributed by atoms with Crippen molar-refractivity contribution >= 4 is 17.3 Å². The summed E-state index contributed by atoms with van der Waals surface area (Å²) >= 11 is -2.19. The number of hydrogen-bond donors (Lipinski definition) is 2. The van der Waals surface area contributed by atoms with Gasteiger partial charge in [0.05, 0.1) is 0 Å². The van der Waals surface area contributed by atoms with E-state index in [0.29, 0.717) is 0 Å². The summed E-state index contributed by atoms with van der Waals surface area (Å²) in [7, 11) is 0. The third kappa shape index (κ3) is 4.74. The lowest BCUT2D eigenvalue weighted by Gasteiger charge is -2.39. The molecule has 25 heavy (non-hydrogen) atoms. The number of nitrogens with one attached hydrogen (secondary N) is 1. The summed E-state index contributed by atoms with van der Waals surface area (Å²) in [6, 6.07) is 4.25. The van der Waals surface area contributed by atoms with Gasteiger partial charge in [-0.25, -0.2) is 13.6 Å². The van der Waals surface area contributed by atoms with E-state index in [1.54, 1.807) is 0 Å². The first-order valence-electron chi connectivity index (χ1n) is 7.18. The summed E-state index contributed by atoms with van der Waals surface area (Å²) in [6.45, 7) is 2.57. The number of carboxylic acid groups (broad SMARTS) is 1. The smallest absolute Gasteiger partial charge is 0.328 e. The van der Waals surface area contributed by atoms with E-state index in [2.05, 4.69) is 0 Å². The van der Waals surface area contributed by atoms with Gasteiger partial charge in [0, 0.05) is 23.0 Å². The first-order chi connectivity index (χ1) is 11.4. The Morgan fingerprint density at radius 1 is 1.32 bits per heavy atom.